The van der Waals surface area contributed by atoms with Crippen LogP contribution in [0.4, 0.5) is 0 Å². The van der Waals surface area contributed by atoms with Crippen LogP contribution in [0.25, 0.3) is 0 Å². The number of carbonyl (C=O) groups excluding carboxylic acids is 1. The van der Waals surface area contributed by atoms with Gasteiger partial charge in [0.15, 0.2) is 0 Å². The summed E-state index contributed by atoms with van der Waals surface area (Å²) in [5.41, 5.74) is 5.62. The zero-order valence-electron chi connectivity index (χ0n) is 9.89. The second-order valence-electron chi connectivity index (χ2n) is 4.43. The number of benzene rings is 1. The summed E-state index contributed by atoms with van der Waals surface area (Å²) in [6.07, 6.45) is 0.584. The Morgan fingerprint density at radius 1 is 1.35 bits per heavy atom. The van der Waals surface area contributed by atoms with E-state index >= 15 is 0 Å². The van der Waals surface area contributed by atoms with Gasteiger partial charge in [0.1, 0.15) is 0 Å². The Kier molecular flexibility index (Phi) is 4.80. The summed E-state index contributed by atoms with van der Waals surface area (Å²) in [5, 5.41) is 3.96. The third-order valence-corrected chi connectivity index (χ3v) is 3.02. The highest BCUT2D eigenvalue weighted by Gasteiger charge is 2.21. The maximum Gasteiger partial charge on any atom is 0.239 e. The molecule has 0 saturated carbocycles. The molecule has 0 aliphatic carbocycles. The lowest BCUT2D eigenvalue weighted by atomic mass is 10.1. The van der Waals surface area contributed by atoms with Crippen LogP contribution >= 0.6 is 23.2 Å². The molecule has 5 heteroatoms. The Bertz CT molecular complexity index is 393. The van der Waals surface area contributed by atoms with Crippen molar-refractivity contribution in [3.05, 3.63) is 33.8 Å². The first-order valence-electron chi connectivity index (χ1n) is 5.32. The molecule has 17 heavy (non-hydrogen) atoms. The minimum atomic E-state index is -0.871. The molecule has 0 aliphatic heterocycles. The van der Waals surface area contributed by atoms with E-state index in [2.05, 4.69) is 5.32 Å². The maximum absolute atomic E-state index is 11.5. The fraction of sp³-hybridized carbons (Fsp3) is 0.417. The Labute approximate surface area is 111 Å². The molecular weight excluding hydrogens is 259 g/mol. The van der Waals surface area contributed by atoms with Gasteiger partial charge < -0.3 is 11.1 Å². The van der Waals surface area contributed by atoms with E-state index in [9.17, 15) is 4.79 Å². The van der Waals surface area contributed by atoms with Gasteiger partial charge in [-0.2, -0.15) is 0 Å². The van der Waals surface area contributed by atoms with Crippen LogP contribution in [0.15, 0.2) is 18.2 Å². The minimum absolute atomic E-state index is 0.194. The molecule has 0 bridgehead atoms. The Balaban J connectivity index is 2.55. The average molecular weight is 275 g/mol. The summed E-state index contributed by atoms with van der Waals surface area (Å²) in [4.78, 5) is 11.5. The van der Waals surface area contributed by atoms with Crippen molar-refractivity contribution in [2.75, 3.05) is 6.54 Å². The van der Waals surface area contributed by atoms with Crippen LogP contribution in [0, 0.1) is 0 Å². The van der Waals surface area contributed by atoms with Crippen LogP contribution in [0.1, 0.15) is 19.4 Å². The first kappa shape index (κ1) is 14.3. The van der Waals surface area contributed by atoms with Crippen molar-refractivity contribution < 1.29 is 4.79 Å². The van der Waals surface area contributed by atoms with Crippen LogP contribution in [0.5, 0.6) is 0 Å². The lowest BCUT2D eigenvalue weighted by Gasteiger charge is -2.18. The molecule has 0 saturated heterocycles. The second-order valence-corrected chi connectivity index (χ2v) is 5.24. The molecule has 0 aromatic heterocycles. The van der Waals surface area contributed by atoms with E-state index in [0.29, 0.717) is 23.0 Å². The molecule has 3 N–H and O–H groups in total. The standard InChI is InChI=1S/C12H16Cl2N2O/c1-12(2,15)11(17)16-7-6-8-9(13)4-3-5-10(8)14/h3-5H,6-7,15H2,1-2H3,(H,16,17). The third-order valence-electron chi connectivity index (χ3n) is 2.31. The smallest absolute Gasteiger partial charge is 0.239 e. The number of hydrogen-bond donors (Lipinski definition) is 2. The van der Waals surface area contributed by atoms with Crippen LogP contribution in [-0.4, -0.2) is 18.0 Å². The van der Waals surface area contributed by atoms with E-state index in [1.165, 1.54) is 0 Å². The largest absolute Gasteiger partial charge is 0.354 e. The van der Waals surface area contributed by atoms with Crippen molar-refractivity contribution in [3.63, 3.8) is 0 Å². The summed E-state index contributed by atoms with van der Waals surface area (Å²) in [5.74, 6) is -0.194. The number of halogens is 2. The third kappa shape index (κ3) is 4.19. The highest BCUT2D eigenvalue weighted by atomic mass is 35.5. The lowest BCUT2D eigenvalue weighted by molar-refractivity contribution is -0.125. The highest BCUT2D eigenvalue weighted by Crippen LogP contribution is 2.24. The fourth-order valence-corrected chi connectivity index (χ4v) is 1.89. The summed E-state index contributed by atoms with van der Waals surface area (Å²) < 4.78 is 0. The SMILES string of the molecule is CC(C)(N)C(=O)NCCc1c(Cl)cccc1Cl. The van der Waals surface area contributed by atoms with Crippen LogP contribution in [0.3, 0.4) is 0 Å². The van der Waals surface area contributed by atoms with E-state index in [0.717, 1.165) is 5.56 Å². The monoisotopic (exact) mass is 274 g/mol. The normalized spacial score (nSPS) is 11.4. The quantitative estimate of drug-likeness (QED) is 0.886. The molecule has 0 fully saturated rings. The van der Waals surface area contributed by atoms with Gasteiger partial charge in [0.25, 0.3) is 0 Å². The molecule has 1 rings (SSSR count). The van der Waals surface area contributed by atoms with Crippen LogP contribution < -0.4 is 11.1 Å². The first-order valence-corrected chi connectivity index (χ1v) is 6.08. The molecule has 1 amide bonds. The van der Waals surface area contributed by atoms with E-state index in [-0.39, 0.29) is 5.91 Å². The Morgan fingerprint density at radius 3 is 2.35 bits per heavy atom. The van der Waals surface area contributed by atoms with E-state index in [1.54, 1.807) is 32.0 Å². The molecule has 1 aromatic carbocycles. The summed E-state index contributed by atoms with van der Waals surface area (Å²) in [7, 11) is 0. The first-order chi connectivity index (χ1) is 7.82. The molecule has 0 heterocycles. The van der Waals surface area contributed by atoms with Gasteiger partial charge in [0.05, 0.1) is 5.54 Å². The molecule has 94 valence electrons. The Morgan fingerprint density at radius 2 is 1.88 bits per heavy atom. The molecule has 0 radical (unpaired) electrons. The summed E-state index contributed by atoms with van der Waals surface area (Å²) in [6, 6.07) is 5.34. The van der Waals surface area contributed by atoms with Gasteiger partial charge in [-0.1, -0.05) is 29.3 Å². The van der Waals surface area contributed by atoms with Gasteiger partial charge in [-0.05, 0) is 38.0 Å². The zero-order valence-corrected chi connectivity index (χ0v) is 11.4. The van der Waals surface area contributed by atoms with Gasteiger partial charge >= 0.3 is 0 Å². The fourth-order valence-electron chi connectivity index (χ4n) is 1.30. The molecule has 0 aliphatic rings. The number of amides is 1. The summed E-state index contributed by atoms with van der Waals surface area (Å²) >= 11 is 12.0. The number of hydrogen-bond acceptors (Lipinski definition) is 2. The number of rotatable bonds is 4. The van der Waals surface area contributed by atoms with Crippen molar-refractivity contribution in [2.24, 2.45) is 5.73 Å². The molecule has 1 aromatic rings. The van der Waals surface area contributed by atoms with Crippen LogP contribution in [-0.2, 0) is 11.2 Å². The molecule has 0 spiro atoms. The number of nitrogens with two attached hydrogens (primary N) is 1. The topological polar surface area (TPSA) is 55.1 Å². The summed E-state index contributed by atoms with van der Waals surface area (Å²) in [6.45, 7) is 3.78. The second kappa shape index (κ2) is 5.71. The maximum atomic E-state index is 11.5. The van der Waals surface area contributed by atoms with Crippen molar-refractivity contribution in [1.82, 2.24) is 5.32 Å². The van der Waals surface area contributed by atoms with E-state index in [4.69, 9.17) is 28.9 Å². The Hall–Kier alpha value is -0.770. The van der Waals surface area contributed by atoms with Crippen molar-refractivity contribution >= 4 is 29.1 Å². The minimum Gasteiger partial charge on any atom is -0.354 e. The van der Waals surface area contributed by atoms with Gasteiger partial charge in [-0.25, -0.2) is 0 Å². The van der Waals surface area contributed by atoms with Gasteiger partial charge in [0, 0.05) is 16.6 Å². The van der Waals surface area contributed by atoms with Gasteiger partial charge in [-0.15, -0.1) is 0 Å². The van der Waals surface area contributed by atoms with E-state index < -0.39 is 5.54 Å². The van der Waals surface area contributed by atoms with Crippen LogP contribution in [0.2, 0.25) is 10.0 Å². The number of carbonyl (C=O) groups is 1. The molecular formula is C12H16Cl2N2O. The van der Waals surface area contributed by atoms with Crippen molar-refractivity contribution in [3.8, 4) is 0 Å². The van der Waals surface area contributed by atoms with Crippen molar-refractivity contribution in [1.29, 1.82) is 0 Å². The molecule has 3 nitrogen and oxygen atoms in total. The number of nitrogens with one attached hydrogen (secondary N) is 1. The molecule has 0 unspecified atom stereocenters. The average Bonchev–Trinajstić information content (AvgIpc) is 2.20. The van der Waals surface area contributed by atoms with Gasteiger partial charge in [0.2, 0.25) is 5.91 Å². The molecule has 0 atom stereocenters. The highest BCUT2D eigenvalue weighted by molar-refractivity contribution is 6.35. The van der Waals surface area contributed by atoms with Gasteiger partial charge in [-0.3, -0.25) is 4.79 Å². The predicted molar refractivity (Wildman–Crippen MR) is 71.4 cm³/mol. The zero-order chi connectivity index (χ0) is 13.1. The lowest BCUT2D eigenvalue weighted by Crippen LogP contribution is -2.49. The predicted octanol–water partition coefficient (Wildman–Crippen LogP) is 2.39. The van der Waals surface area contributed by atoms with E-state index in [1.807, 2.05) is 0 Å². The van der Waals surface area contributed by atoms with Crippen molar-refractivity contribution in [2.45, 2.75) is 25.8 Å².